The van der Waals surface area contributed by atoms with Gasteiger partial charge in [-0.1, -0.05) is 24.3 Å². The Kier molecular flexibility index (Phi) is 3.05. The van der Waals surface area contributed by atoms with Crippen LogP contribution in [0.3, 0.4) is 0 Å². The largest absolute Gasteiger partial charge is 0.312 e. The van der Waals surface area contributed by atoms with Crippen LogP contribution in [0, 0.1) is 0 Å². The van der Waals surface area contributed by atoms with E-state index in [1.54, 1.807) is 0 Å². The van der Waals surface area contributed by atoms with Gasteiger partial charge in [-0.05, 0) is 43.5 Å². The molecule has 0 radical (unpaired) electrons. The minimum atomic E-state index is 0.466. The molecule has 0 unspecified atom stereocenters. The highest BCUT2D eigenvalue weighted by atomic mass is 15.1. The molecule has 4 heteroatoms. The number of aromatic nitrogens is 2. The Morgan fingerprint density at radius 1 is 1.20 bits per heavy atom. The third-order valence-electron chi connectivity index (χ3n) is 4.40. The SMILES string of the molecule is C1=C(c2[nH]nc3c([C@H]4CCCN4)cccc23)CNCC1. The lowest BCUT2D eigenvalue weighted by Crippen LogP contribution is -2.21. The van der Waals surface area contributed by atoms with E-state index < -0.39 is 0 Å². The minimum Gasteiger partial charge on any atom is -0.312 e. The Morgan fingerprint density at radius 2 is 2.20 bits per heavy atom. The highest BCUT2D eigenvalue weighted by Crippen LogP contribution is 2.31. The fourth-order valence-corrected chi connectivity index (χ4v) is 3.37. The smallest absolute Gasteiger partial charge is 0.0975 e. The predicted octanol–water partition coefficient (Wildman–Crippen LogP) is 2.36. The van der Waals surface area contributed by atoms with Gasteiger partial charge >= 0.3 is 0 Å². The number of nitrogens with zero attached hydrogens (tertiary/aromatic N) is 1. The summed E-state index contributed by atoms with van der Waals surface area (Å²) in [5, 5.41) is 16.1. The van der Waals surface area contributed by atoms with Gasteiger partial charge in [0.25, 0.3) is 0 Å². The molecule has 4 nitrogen and oxygen atoms in total. The van der Waals surface area contributed by atoms with Crippen molar-refractivity contribution in [2.75, 3.05) is 19.6 Å². The van der Waals surface area contributed by atoms with E-state index in [1.807, 2.05) is 0 Å². The number of nitrogens with one attached hydrogen (secondary N) is 3. The zero-order valence-electron chi connectivity index (χ0n) is 11.6. The first-order valence-corrected chi connectivity index (χ1v) is 7.54. The molecule has 0 aliphatic carbocycles. The van der Waals surface area contributed by atoms with Crippen LogP contribution in [-0.2, 0) is 0 Å². The van der Waals surface area contributed by atoms with E-state index in [-0.39, 0.29) is 0 Å². The van der Waals surface area contributed by atoms with Crippen LogP contribution in [0.1, 0.15) is 36.6 Å². The highest BCUT2D eigenvalue weighted by molar-refractivity contribution is 5.92. The van der Waals surface area contributed by atoms with E-state index in [0.29, 0.717) is 6.04 Å². The molecule has 4 rings (SSSR count). The van der Waals surface area contributed by atoms with Crippen LogP contribution >= 0.6 is 0 Å². The van der Waals surface area contributed by atoms with Gasteiger partial charge in [0.05, 0.1) is 11.2 Å². The zero-order valence-corrected chi connectivity index (χ0v) is 11.6. The van der Waals surface area contributed by atoms with Crippen molar-refractivity contribution in [2.45, 2.75) is 25.3 Å². The molecule has 104 valence electrons. The van der Waals surface area contributed by atoms with Gasteiger partial charge in [0.1, 0.15) is 0 Å². The number of fused-ring (bicyclic) bond motifs is 1. The van der Waals surface area contributed by atoms with Crippen LogP contribution in [0.2, 0.25) is 0 Å². The van der Waals surface area contributed by atoms with E-state index >= 15 is 0 Å². The summed E-state index contributed by atoms with van der Waals surface area (Å²) in [5.74, 6) is 0. The van der Waals surface area contributed by atoms with E-state index in [0.717, 1.165) is 31.6 Å². The summed E-state index contributed by atoms with van der Waals surface area (Å²) < 4.78 is 0. The number of H-pyrrole nitrogens is 1. The number of benzene rings is 1. The van der Waals surface area contributed by atoms with Gasteiger partial charge in [0.15, 0.2) is 0 Å². The van der Waals surface area contributed by atoms with Gasteiger partial charge < -0.3 is 10.6 Å². The molecular weight excluding hydrogens is 248 g/mol. The van der Waals surface area contributed by atoms with Gasteiger partial charge in [-0.2, -0.15) is 5.10 Å². The Bertz CT molecular complexity index is 650. The van der Waals surface area contributed by atoms with E-state index in [1.165, 1.54) is 35.1 Å². The van der Waals surface area contributed by atoms with E-state index in [2.05, 4.69) is 45.1 Å². The first-order valence-electron chi connectivity index (χ1n) is 7.54. The predicted molar refractivity (Wildman–Crippen MR) is 81.5 cm³/mol. The van der Waals surface area contributed by atoms with Gasteiger partial charge in [-0.15, -0.1) is 0 Å². The molecule has 0 amide bonds. The monoisotopic (exact) mass is 268 g/mol. The summed E-state index contributed by atoms with van der Waals surface area (Å²) in [7, 11) is 0. The van der Waals surface area contributed by atoms with Crippen molar-refractivity contribution >= 4 is 16.5 Å². The second-order valence-electron chi connectivity index (χ2n) is 5.69. The molecule has 1 aromatic carbocycles. The Hall–Kier alpha value is -1.65. The molecule has 1 fully saturated rings. The van der Waals surface area contributed by atoms with Crippen LogP contribution in [0.4, 0.5) is 0 Å². The summed E-state index contributed by atoms with van der Waals surface area (Å²) in [6.07, 6.45) is 5.89. The highest BCUT2D eigenvalue weighted by Gasteiger charge is 2.21. The van der Waals surface area contributed by atoms with Crippen molar-refractivity contribution in [3.63, 3.8) is 0 Å². The lowest BCUT2D eigenvalue weighted by atomic mass is 9.99. The second-order valence-corrected chi connectivity index (χ2v) is 5.69. The summed E-state index contributed by atoms with van der Waals surface area (Å²) in [6.45, 7) is 3.13. The molecule has 3 heterocycles. The van der Waals surface area contributed by atoms with Crippen LogP contribution < -0.4 is 10.6 Å². The number of hydrogen-bond acceptors (Lipinski definition) is 3. The molecule has 3 N–H and O–H groups in total. The summed E-state index contributed by atoms with van der Waals surface area (Å²) in [6, 6.07) is 7.02. The molecule has 0 spiro atoms. The van der Waals surface area contributed by atoms with Gasteiger partial charge in [-0.25, -0.2) is 0 Å². The number of aromatic amines is 1. The fraction of sp³-hybridized carbons (Fsp3) is 0.438. The van der Waals surface area contributed by atoms with Crippen LogP contribution in [0.5, 0.6) is 0 Å². The van der Waals surface area contributed by atoms with Crippen molar-refractivity contribution < 1.29 is 0 Å². The quantitative estimate of drug-likeness (QED) is 0.783. The molecule has 2 aliphatic rings. The molecule has 1 saturated heterocycles. The van der Waals surface area contributed by atoms with Crippen molar-refractivity contribution in [2.24, 2.45) is 0 Å². The third kappa shape index (κ3) is 1.96. The molecule has 0 bridgehead atoms. The maximum Gasteiger partial charge on any atom is 0.0975 e. The molecule has 1 aromatic heterocycles. The van der Waals surface area contributed by atoms with Crippen molar-refractivity contribution in [3.8, 4) is 0 Å². The topological polar surface area (TPSA) is 52.7 Å². The second kappa shape index (κ2) is 5.04. The Labute approximate surface area is 118 Å². The molecule has 1 atom stereocenters. The van der Waals surface area contributed by atoms with E-state index in [9.17, 15) is 0 Å². The number of hydrogen-bond donors (Lipinski definition) is 3. The molecule has 0 saturated carbocycles. The van der Waals surface area contributed by atoms with Crippen LogP contribution in [0.15, 0.2) is 24.3 Å². The Morgan fingerprint density at radius 3 is 3.00 bits per heavy atom. The first kappa shape index (κ1) is 12.1. The van der Waals surface area contributed by atoms with Gasteiger partial charge in [0, 0.05) is 18.0 Å². The number of rotatable bonds is 2. The summed E-state index contributed by atoms with van der Waals surface area (Å²) in [5.41, 5.74) is 5.00. The standard InChI is InChI=1S/C16H20N4/c1-5-12(14-7-3-9-18-14)16-13(6-1)15(19-20-16)11-4-2-8-17-10-11/h1,4-6,14,17-18H,2-3,7-10H2,(H,19,20)/t14-/m1/s1. The van der Waals surface area contributed by atoms with Crippen molar-refractivity contribution in [3.05, 3.63) is 35.5 Å². The van der Waals surface area contributed by atoms with Gasteiger partial charge in [0.2, 0.25) is 0 Å². The van der Waals surface area contributed by atoms with Gasteiger partial charge in [-0.3, -0.25) is 5.10 Å². The third-order valence-corrected chi connectivity index (χ3v) is 4.40. The summed E-state index contributed by atoms with van der Waals surface area (Å²) in [4.78, 5) is 0. The molecular formula is C16H20N4. The average Bonchev–Trinajstić information content (AvgIpc) is 3.17. The molecule has 2 aliphatic heterocycles. The Balaban J connectivity index is 1.81. The summed E-state index contributed by atoms with van der Waals surface area (Å²) >= 11 is 0. The average molecular weight is 268 g/mol. The van der Waals surface area contributed by atoms with E-state index in [4.69, 9.17) is 0 Å². The minimum absolute atomic E-state index is 0.466. The first-order chi connectivity index (χ1) is 9.93. The lowest BCUT2D eigenvalue weighted by molar-refractivity contribution is 0.651. The van der Waals surface area contributed by atoms with Crippen molar-refractivity contribution in [1.29, 1.82) is 0 Å². The van der Waals surface area contributed by atoms with Crippen molar-refractivity contribution in [1.82, 2.24) is 20.8 Å². The maximum absolute atomic E-state index is 4.60. The molecule has 2 aromatic rings. The lowest BCUT2D eigenvalue weighted by Gasteiger charge is -2.14. The van der Waals surface area contributed by atoms with Crippen LogP contribution in [0.25, 0.3) is 16.5 Å². The normalized spacial score (nSPS) is 23.2. The zero-order chi connectivity index (χ0) is 13.4. The maximum atomic E-state index is 4.60. The van der Waals surface area contributed by atoms with Crippen LogP contribution in [-0.4, -0.2) is 29.8 Å². The number of para-hydroxylation sites is 1. The molecule has 20 heavy (non-hydrogen) atoms. The fourth-order valence-electron chi connectivity index (χ4n) is 3.37.